The lowest BCUT2D eigenvalue weighted by Crippen LogP contribution is -1.85. The SMILES string of the molecule is OCC#Cc1cnc(F)c(Cl)c1. The fourth-order valence-corrected chi connectivity index (χ4v) is 0.798. The molecule has 0 unspecified atom stereocenters. The third kappa shape index (κ3) is 2.19. The van der Waals surface area contributed by atoms with Crippen LogP contribution >= 0.6 is 11.6 Å². The predicted octanol–water partition coefficient (Wildman–Crippen LogP) is 1.22. The molecule has 0 aliphatic heterocycles. The molecule has 0 saturated carbocycles. The molecule has 0 saturated heterocycles. The number of hydrogen-bond donors (Lipinski definition) is 1. The third-order valence-electron chi connectivity index (χ3n) is 1.11. The van der Waals surface area contributed by atoms with Crippen molar-refractivity contribution in [2.24, 2.45) is 0 Å². The molecule has 1 aromatic rings. The zero-order chi connectivity index (χ0) is 8.97. The molecule has 2 nitrogen and oxygen atoms in total. The molecule has 1 rings (SSSR count). The smallest absolute Gasteiger partial charge is 0.231 e. The maximum absolute atomic E-state index is 12.5. The summed E-state index contributed by atoms with van der Waals surface area (Å²) in [6, 6.07) is 1.35. The second-order valence-corrected chi connectivity index (χ2v) is 2.36. The average Bonchev–Trinajstić information content (AvgIpc) is 2.07. The van der Waals surface area contributed by atoms with E-state index in [9.17, 15) is 4.39 Å². The van der Waals surface area contributed by atoms with Gasteiger partial charge in [-0.3, -0.25) is 0 Å². The zero-order valence-electron chi connectivity index (χ0n) is 6.01. The van der Waals surface area contributed by atoms with Crippen molar-refractivity contribution in [2.75, 3.05) is 6.61 Å². The molecule has 0 aliphatic rings. The van der Waals surface area contributed by atoms with Gasteiger partial charge in [-0.25, -0.2) is 4.98 Å². The largest absolute Gasteiger partial charge is 0.384 e. The van der Waals surface area contributed by atoms with Gasteiger partial charge in [0.25, 0.3) is 0 Å². The van der Waals surface area contributed by atoms with Crippen molar-refractivity contribution in [3.05, 3.63) is 28.8 Å². The fourth-order valence-electron chi connectivity index (χ4n) is 0.631. The Balaban J connectivity index is 2.97. The Hall–Kier alpha value is -1.11. The average molecular weight is 186 g/mol. The van der Waals surface area contributed by atoms with Gasteiger partial charge in [-0.05, 0) is 6.07 Å². The molecule has 0 atom stereocenters. The van der Waals surface area contributed by atoms with E-state index >= 15 is 0 Å². The van der Waals surface area contributed by atoms with Gasteiger partial charge in [-0.1, -0.05) is 23.4 Å². The first-order valence-corrected chi connectivity index (χ1v) is 3.52. The summed E-state index contributed by atoms with van der Waals surface area (Å²) in [4.78, 5) is 3.35. The van der Waals surface area contributed by atoms with E-state index < -0.39 is 5.95 Å². The highest BCUT2D eigenvalue weighted by Crippen LogP contribution is 2.12. The Labute approximate surface area is 74.0 Å². The minimum atomic E-state index is -0.716. The molecule has 0 fully saturated rings. The zero-order valence-corrected chi connectivity index (χ0v) is 6.77. The van der Waals surface area contributed by atoms with Crippen molar-refractivity contribution in [3.63, 3.8) is 0 Å². The highest BCUT2D eigenvalue weighted by atomic mass is 35.5. The lowest BCUT2D eigenvalue weighted by Gasteiger charge is -1.92. The van der Waals surface area contributed by atoms with Gasteiger partial charge in [0.05, 0.1) is 5.02 Å². The van der Waals surface area contributed by atoms with Crippen molar-refractivity contribution in [2.45, 2.75) is 0 Å². The summed E-state index contributed by atoms with van der Waals surface area (Å²) in [7, 11) is 0. The van der Waals surface area contributed by atoms with Crippen LogP contribution in [-0.4, -0.2) is 16.7 Å². The van der Waals surface area contributed by atoms with E-state index in [0.29, 0.717) is 5.56 Å². The fraction of sp³-hybridized carbons (Fsp3) is 0.125. The van der Waals surface area contributed by atoms with E-state index in [2.05, 4.69) is 16.8 Å². The maximum atomic E-state index is 12.5. The van der Waals surface area contributed by atoms with E-state index in [0.717, 1.165) is 0 Å². The number of rotatable bonds is 0. The molecule has 0 spiro atoms. The number of aliphatic hydroxyl groups is 1. The Morgan fingerprint density at radius 2 is 2.42 bits per heavy atom. The molecule has 0 amide bonds. The lowest BCUT2D eigenvalue weighted by molar-refractivity contribution is 0.350. The van der Waals surface area contributed by atoms with Gasteiger partial charge in [-0.2, -0.15) is 4.39 Å². The number of aromatic nitrogens is 1. The Morgan fingerprint density at radius 1 is 1.67 bits per heavy atom. The molecule has 0 aromatic carbocycles. The van der Waals surface area contributed by atoms with Crippen LogP contribution in [0.3, 0.4) is 0 Å². The summed E-state index contributed by atoms with van der Waals surface area (Å²) in [5.74, 6) is 4.23. The number of hydrogen-bond acceptors (Lipinski definition) is 2. The van der Waals surface area contributed by atoms with E-state index in [1.54, 1.807) is 0 Å². The van der Waals surface area contributed by atoms with E-state index in [-0.39, 0.29) is 11.6 Å². The van der Waals surface area contributed by atoms with Crippen molar-refractivity contribution >= 4 is 11.6 Å². The summed E-state index contributed by atoms with van der Waals surface area (Å²) in [5.41, 5.74) is 0.482. The Morgan fingerprint density at radius 3 is 3.00 bits per heavy atom. The Kier molecular flexibility index (Phi) is 3.03. The van der Waals surface area contributed by atoms with E-state index in [4.69, 9.17) is 16.7 Å². The first-order valence-electron chi connectivity index (χ1n) is 3.15. The monoisotopic (exact) mass is 185 g/mol. The van der Waals surface area contributed by atoms with Crippen LogP contribution in [-0.2, 0) is 0 Å². The van der Waals surface area contributed by atoms with Gasteiger partial charge in [0.15, 0.2) is 0 Å². The molecular formula is C8H5ClFNO. The van der Waals surface area contributed by atoms with Crippen molar-refractivity contribution < 1.29 is 9.50 Å². The van der Waals surface area contributed by atoms with Crippen molar-refractivity contribution in [1.29, 1.82) is 0 Å². The summed E-state index contributed by atoms with van der Waals surface area (Å²) in [6.07, 6.45) is 1.25. The maximum Gasteiger partial charge on any atom is 0.231 e. The van der Waals surface area contributed by atoms with Crippen LogP contribution in [0.25, 0.3) is 0 Å². The first kappa shape index (κ1) is 8.98. The molecule has 0 aliphatic carbocycles. The number of pyridine rings is 1. The van der Waals surface area contributed by atoms with Crippen LogP contribution in [0.15, 0.2) is 12.3 Å². The van der Waals surface area contributed by atoms with Gasteiger partial charge in [-0.15, -0.1) is 0 Å². The summed E-state index contributed by atoms with van der Waals surface area (Å²) in [5, 5.41) is 8.28. The van der Waals surface area contributed by atoms with Gasteiger partial charge in [0, 0.05) is 11.8 Å². The molecule has 0 bridgehead atoms. The molecule has 4 heteroatoms. The number of nitrogens with zero attached hydrogens (tertiary/aromatic N) is 1. The van der Waals surface area contributed by atoms with Crippen molar-refractivity contribution in [1.82, 2.24) is 4.98 Å². The molecule has 62 valence electrons. The molecule has 1 aromatic heterocycles. The highest BCUT2D eigenvalue weighted by Gasteiger charge is 1.99. The number of aliphatic hydroxyl groups excluding tert-OH is 1. The van der Waals surface area contributed by atoms with Gasteiger partial charge < -0.3 is 5.11 Å². The van der Waals surface area contributed by atoms with Gasteiger partial charge in [0.2, 0.25) is 5.95 Å². The topological polar surface area (TPSA) is 33.1 Å². The molecular weight excluding hydrogens is 181 g/mol. The molecule has 1 N–H and O–H groups in total. The Bertz CT molecular complexity index is 343. The van der Waals surface area contributed by atoms with Gasteiger partial charge >= 0.3 is 0 Å². The van der Waals surface area contributed by atoms with Crippen LogP contribution < -0.4 is 0 Å². The third-order valence-corrected chi connectivity index (χ3v) is 1.37. The van der Waals surface area contributed by atoms with Crippen LogP contribution in [0.5, 0.6) is 0 Å². The molecule has 1 heterocycles. The summed E-state index contributed by atoms with van der Waals surface area (Å²) >= 11 is 5.42. The van der Waals surface area contributed by atoms with E-state index in [1.165, 1.54) is 12.3 Å². The lowest BCUT2D eigenvalue weighted by atomic mass is 10.3. The second-order valence-electron chi connectivity index (χ2n) is 1.96. The summed E-state index contributed by atoms with van der Waals surface area (Å²) in [6.45, 7) is -0.241. The number of halogens is 2. The molecule has 12 heavy (non-hydrogen) atoms. The highest BCUT2D eigenvalue weighted by molar-refractivity contribution is 6.30. The van der Waals surface area contributed by atoms with Crippen LogP contribution in [0, 0.1) is 17.8 Å². The van der Waals surface area contributed by atoms with E-state index in [1.807, 2.05) is 0 Å². The standard InChI is InChI=1S/C8H5ClFNO/c9-7-4-6(2-1-3-12)5-11-8(7)10/h4-5,12H,3H2. The predicted molar refractivity (Wildman–Crippen MR) is 43.2 cm³/mol. The van der Waals surface area contributed by atoms with Gasteiger partial charge in [0.1, 0.15) is 6.61 Å². The first-order chi connectivity index (χ1) is 5.74. The normalized spacial score (nSPS) is 8.92. The quantitative estimate of drug-likeness (QED) is 0.487. The van der Waals surface area contributed by atoms with Crippen LogP contribution in [0.2, 0.25) is 5.02 Å². The minimum absolute atomic E-state index is 0.0697. The van der Waals surface area contributed by atoms with Crippen LogP contribution in [0.4, 0.5) is 4.39 Å². The second kappa shape index (κ2) is 4.05. The minimum Gasteiger partial charge on any atom is -0.384 e. The molecule has 0 radical (unpaired) electrons. The van der Waals surface area contributed by atoms with Crippen molar-refractivity contribution in [3.8, 4) is 11.8 Å². The van der Waals surface area contributed by atoms with Crippen LogP contribution in [0.1, 0.15) is 5.56 Å². The summed E-state index contributed by atoms with van der Waals surface area (Å²) < 4.78 is 12.5.